The van der Waals surface area contributed by atoms with Gasteiger partial charge in [0.15, 0.2) is 12.3 Å². The lowest BCUT2D eigenvalue weighted by molar-refractivity contribution is -0.120. The number of hydrogen-bond acceptors (Lipinski definition) is 5. The Morgan fingerprint density at radius 1 is 1.15 bits per heavy atom. The highest BCUT2D eigenvalue weighted by Gasteiger charge is 2.13. The Labute approximate surface area is 150 Å². The summed E-state index contributed by atoms with van der Waals surface area (Å²) >= 11 is 0. The summed E-state index contributed by atoms with van der Waals surface area (Å²) in [5.41, 5.74) is 2.09. The molecule has 2 aromatic carbocycles. The van der Waals surface area contributed by atoms with E-state index in [2.05, 4.69) is 15.2 Å². The first-order chi connectivity index (χ1) is 12.6. The lowest BCUT2D eigenvalue weighted by atomic mass is 10.1. The second kappa shape index (κ2) is 7.69. The van der Waals surface area contributed by atoms with E-state index in [9.17, 15) is 9.90 Å². The molecule has 1 amide bonds. The van der Waals surface area contributed by atoms with Crippen molar-refractivity contribution in [3.63, 3.8) is 0 Å². The van der Waals surface area contributed by atoms with Gasteiger partial charge in [-0.25, -0.2) is 0 Å². The van der Waals surface area contributed by atoms with Crippen LogP contribution in [-0.4, -0.2) is 29.7 Å². The summed E-state index contributed by atoms with van der Waals surface area (Å²) in [6.07, 6.45) is 0.808. The monoisotopic (exact) mass is 353 g/mol. The van der Waals surface area contributed by atoms with Gasteiger partial charge in [-0.15, -0.1) is 10.2 Å². The molecule has 0 aliphatic rings. The number of aromatic hydroxyl groups is 1. The highest BCUT2D eigenvalue weighted by Crippen LogP contribution is 2.36. The van der Waals surface area contributed by atoms with E-state index in [1.54, 1.807) is 31.4 Å². The third-order valence-electron chi connectivity index (χ3n) is 3.94. The highest BCUT2D eigenvalue weighted by molar-refractivity contribution is 5.96. The second-order valence-electron chi connectivity index (χ2n) is 5.57. The topological polar surface area (TPSA) is 96.3 Å². The number of azo groups is 1. The fraction of sp³-hybridized carbons (Fsp3) is 0.211. The van der Waals surface area contributed by atoms with Crippen LogP contribution in [0.1, 0.15) is 12.5 Å². The molecule has 134 valence electrons. The molecule has 2 N–H and O–H groups in total. The number of nitrogens with zero attached hydrogens (tertiary/aromatic N) is 2. The molecule has 7 heteroatoms. The van der Waals surface area contributed by atoms with Gasteiger partial charge in [0.25, 0.3) is 0 Å². The Morgan fingerprint density at radius 2 is 1.88 bits per heavy atom. The summed E-state index contributed by atoms with van der Waals surface area (Å²) in [7, 11) is 1.57. The van der Waals surface area contributed by atoms with Crippen LogP contribution in [0.5, 0.6) is 17.4 Å². The van der Waals surface area contributed by atoms with Gasteiger partial charge >= 0.3 is 5.91 Å². The van der Waals surface area contributed by atoms with Crippen LogP contribution in [-0.2, 0) is 11.2 Å². The molecule has 0 aliphatic carbocycles. The number of rotatable bonds is 6. The van der Waals surface area contributed by atoms with Gasteiger partial charge < -0.3 is 19.6 Å². The van der Waals surface area contributed by atoms with Crippen molar-refractivity contribution in [1.82, 2.24) is 4.98 Å². The van der Waals surface area contributed by atoms with Crippen LogP contribution in [0.2, 0.25) is 0 Å². The molecule has 1 aromatic heterocycles. The van der Waals surface area contributed by atoms with Gasteiger partial charge in [0.2, 0.25) is 5.88 Å². The molecule has 0 saturated heterocycles. The standard InChI is InChI=1S/C19H19N3O4/c1-3-12-5-4-6-15-17(12)20-19(24)18(15)22-21-16(23)11-26-14-9-7-13(25-2)8-10-14/h4-10,20,24H,3,11H2,1-2H3. The fourth-order valence-corrected chi connectivity index (χ4v) is 2.60. The van der Waals surface area contributed by atoms with Gasteiger partial charge in [-0.05, 0) is 36.2 Å². The number of aromatic amines is 1. The molecule has 0 radical (unpaired) electrons. The molecule has 0 atom stereocenters. The molecule has 0 spiro atoms. The molecule has 7 nitrogen and oxygen atoms in total. The van der Waals surface area contributed by atoms with E-state index in [4.69, 9.17) is 9.47 Å². The highest BCUT2D eigenvalue weighted by atomic mass is 16.5. The largest absolute Gasteiger partial charge is 0.497 e. The number of carbonyl (C=O) groups is 1. The molecule has 0 saturated carbocycles. The lowest BCUT2D eigenvalue weighted by Crippen LogP contribution is -2.07. The van der Waals surface area contributed by atoms with Gasteiger partial charge in [0.1, 0.15) is 11.5 Å². The summed E-state index contributed by atoms with van der Waals surface area (Å²) in [5.74, 6) is 0.552. The van der Waals surface area contributed by atoms with Crippen LogP contribution in [0.15, 0.2) is 52.7 Å². The van der Waals surface area contributed by atoms with Crippen LogP contribution in [0.3, 0.4) is 0 Å². The summed E-state index contributed by atoms with van der Waals surface area (Å²) in [6.45, 7) is 1.77. The average molecular weight is 353 g/mol. The van der Waals surface area contributed by atoms with Gasteiger partial charge in [0, 0.05) is 5.39 Å². The average Bonchev–Trinajstić information content (AvgIpc) is 3.00. The van der Waals surface area contributed by atoms with Gasteiger partial charge in [0.05, 0.1) is 12.6 Å². The lowest BCUT2D eigenvalue weighted by Gasteiger charge is -2.04. The molecule has 3 rings (SSSR count). The zero-order valence-corrected chi connectivity index (χ0v) is 14.5. The van der Waals surface area contributed by atoms with Crippen molar-refractivity contribution in [2.24, 2.45) is 10.2 Å². The molecule has 0 unspecified atom stereocenters. The number of H-pyrrole nitrogens is 1. The SMILES string of the molecule is CCc1cccc2c(N=NC(=O)COc3ccc(OC)cc3)c(O)[nH]c12. The Hall–Kier alpha value is -3.35. The molecule has 3 aromatic rings. The number of aromatic nitrogens is 1. The van der Waals surface area contributed by atoms with Gasteiger partial charge in [-0.1, -0.05) is 25.1 Å². The van der Waals surface area contributed by atoms with Crippen LogP contribution < -0.4 is 9.47 Å². The zero-order chi connectivity index (χ0) is 18.5. The van der Waals surface area contributed by atoms with E-state index >= 15 is 0 Å². The molecule has 0 bridgehead atoms. The summed E-state index contributed by atoms with van der Waals surface area (Å²) < 4.78 is 10.4. The van der Waals surface area contributed by atoms with E-state index in [1.807, 2.05) is 25.1 Å². The van der Waals surface area contributed by atoms with Crippen LogP contribution in [0.4, 0.5) is 5.69 Å². The summed E-state index contributed by atoms with van der Waals surface area (Å²) in [5, 5.41) is 18.3. The first-order valence-electron chi connectivity index (χ1n) is 8.16. The number of para-hydroxylation sites is 1. The fourth-order valence-electron chi connectivity index (χ4n) is 2.60. The van der Waals surface area contributed by atoms with Crippen LogP contribution in [0.25, 0.3) is 10.9 Å². The number of aryl methyl sites for hydroxylation is 1. The number of fused-ring (bicyclic) bond motifs is 1. The van der Waals surface area contributed by atoms with E-state index in [-0.39, 0.29) is 18.2 Å². The van der Waals surface area contributed by atoms with Crippen molar-refractivity contribution >= 4 is 22.5 Å². The maximum atomic E-state index is 11.9. The number of methoxy groups -OCH3 is 1. The maximum Gasteiger partial charge on any atom is 0.302 e. The predicted octanol–water partition coefficient (Wildman–Crippen LogP) is 4.13. The Kier molecular flexibility index (Phi) is 5.17. The van der Waals surface area contributed by atoms with Crippen molar-refractivity contribution in [2.75, 3.05) is 13.7 Å². The second-order valence-corrected chi connectivity index (χ2v) is 5.57. The Balaban J connectivity index is 1.70. The molecule has 1 heterocycles. The van der Waals surface area contributed by atoms with Crippen LogP contribution in [0, 0.1) is 0 Å². The zero-order valence-electron chi connectivity index (χ0n) is 14.5. The van der Waals surface area contributed by atoms with Crippen molar-refractivity contribution in [3.05, 3.63) is 48.0 Å². The third-order valence-corrected chi connectivity index (χ3v) is 3.94. The quantitative estimate of drug-likeness (QED) is 0.651. The van der Waals surface area contributed by atoms with Gasteiger partial charge in [-0.2, -0.15) is 0 Å². The minimum Gasteiger partial charge on any atom is -0.497 e. The molecular formula is C19H19N3O4. The molecular weight excluding hydrogens is 334 g/mol. The number of hydrogen-bond donors (Lipinski definition) is 2. The summed E-state index contributed by atoms with van der Waals surface area (Å²) in [6, 6.07) is 12.5. The van der Waals surface area contributed by atoms with Gasteiger partial charge in [-0.3, -0.25) is 4.79 Å². The smallest absolute Gasteiger partial charge is 0.302 e. The third kappa shape index (κ3) is 3.66. The first-order valence-corrected chi connectivity index (χ1v) is 8.16. The number of amides is 1. The number of benzene rings is 2. The minimum absolute atomic E-state index is 0.117. The van der Waals surface area contributed by atoms with E-state index < -0.39 is 5.91 Å². The van der Waals surface area contributed by atoms with Crippen molar-refractivity contribution in [1.29, 1.82) is 0 Å². The molecule has 26 heavy (non-hydrogen) atoms. The number of ether oxygens (including phenoxy) is 2. The minimum atomic E-state index is -0.554. The maximum absolute atomic E-state index is 11.9. The normalized spacial score (nSPS) is 11.2. The number of nitrogens with one attached hydrogen (secondary N) is 1. The van der Waals surface area contributed by atoms with E-state index in [0.29, 0.717) is 11.5 Å². The predicted molar refractivity (Wildman–Crippen MR) is 97.4 cm³/mol. The molecule has 0 aliphatic heterocycles. The first kappa shape index (κ1) is 17.5. The molecule has 0 fully saturated rings. The van der Waals surface area contributed by atoms with E-state index in [0.717, 1.165) is 22.9 Å². The Bertz CT molecular complexity index is 945. The van der Waals surface area contributed by atoms with E-state index in [1.165, 1.54) is 0 Å². The number of carbonyl (C=O) groups excluding carboxylic acids is 1. The van der Waals surface area contributed by atoms with Crippen molar-refractivity contribution in [2.45, 2.75) is 13.3 Å². The Morgan fingerprint density at radius 3 is 2.58 bits per heavy atom. The van der Waals surface area contributed by atoms with Crippen molar-refractivity contribution in [3.8, 4) is 17.4 Å². The summed E-state index contributed by atoms with van der Waals surface area (Å²) in [4.78, 5) is 14.8. The van der Waals surface area contributed by atoms with Crippen molar-refractivity contribution < 1.29 is 19.4 Å². The van der Waals surface area contributed by atoms with Crippen LogP contribution >= 0.6 is 0 Å².